The molecule has 0 aliphatic carbocycles. The minimum Gasteiger partial charge on any atom is -0.497 e. The van der Waals surface area contributed by atoms with Crippen molar-refractivity contribution in [2.45, 2.75) is 59.0 Å². The van der Waals surface area contributed by atoms with E-state index in [-0.39, 0.29) is 18.0 Å². The van der Waals surface area contributed by atoms with E-state index in [1.807, 2.05) is 48.9 Å². The molecular formula is C20H29N3O2. The number of hydrogen-bond acceptors (Lipinski definition) is 3. The second kappa shape index (κ2) is 8.70. The minimum absolute atomic E-state index is 0.0188. The maximum absolute atomic E-state index is 13.0. The van der Waals surface area contributed by atoms with Crippen molar-refractivity contribution in [3.05, 3.63) is 47.3 Å². The smallest absolute Gasteiger partial charge is 0.245 e. The Hall–Kier alpha value is -2.30. The second-order valence-corrected chi connectivity index (χ2v) is 6.42. The third-order valence-electron chi connectivity index (χ3n) is 4.45. The average Bonchev–Trinajstić information content (AvgIpc) is 2.95. The van der Waals surface area contributed by atoms with Crippen molar-refractivity contribution in [1.82, 2.24) is 15.1 Å². The Bertz CT molecular complexity index is 691. The van der Waals surface area contributed by atoms with Crippen LogP contribution in [-0.2, 0) is 4.79 Å². The molecule has 0 saturated carbocycles. The molecule has 0 spiro atoms. The van der Waals surface area contributed by atoms with Crippen molar-refractivity contribution >= 4 is 5.91 Å². The van der Waals surface area contributed by atoms with E-state index in [4.69, 9.17) is 4.74 Å². The van der Waals surface area contributed by atoms with Crippen LogP contribution in [0.4, 0.5) is 0 Å². The molecule has 0 fully saturated rings. The topological polar surface area (TPSA) is 56.1 Å². The number of nitrogens with one attached hydrogen (secondary N) is 1. The Morgan fingerprint density at radius 3 is 2.40 bits per heavy atom. The first-order chi connectivity index (χ1) is 12.0. The molecule has 0 aliphatic rings. The van der Waals surface area contributed by atoms with Gasteiger partial charge in [-0.1, -0.05) is 32.4 Å². The van der Waals surface area contributed by atoms with Crippen LogP contribution in [0.25, 0.3) is 0 Å². The first-order valence-corrected chi connectivity index (χ1v) is 8.97. The van der Waals surface area contributed by atoms with Crippen LogP contribution in [0.3, 0.4) is 0 Å². The van der Waals surface area contributed by atoms with Gasteiger partial charge in [0.05, 0.1) is 18.8 Å². The normalized spacial score (nSPS) is 13.3. The number of amides is 1. The third kappa shape index (κ3) is 4.62. The van der Waals surface area contributed by atoms with Gasteiger partial charge in [-0.25, -0.2) is 0 Å². The highest BCUT2D eigenvalue weighted by molar-refractivity contribution is 5.80. The maximum atomic E-state index is 13.0. The van der Waals surface area contributed by atoms with Crippen LogP contribution >= 0.6 is 0 Å². The van der Waals surface area contributed by atoms with E-state index in [0.29, 0.717) is 0 Å². The zero-order valence-electron chi connectivity index (χ0n) is 15.9. The molecule has 2 atom stereocenters. The molecule has 1 heterocycles. The summed E-state index contributed by atoms with van der Waals surface area (Å²) in [4.78, 5) is 13.0. The van der Waals surface area contributed by atoms with Gasteiger partial charge in [-0.3, -0.25) is 9.48 Å². The first kappa shape index (κ1) is 19.0. The van der Waals surface area contributed by atoms with Crippen molar-refractivity contribution in [1.29, 1.82) is 0 Å². The van der Waals surface area contributed by atoms with Crippen molar-refractivity contribution in [3.8, 4) is 5.75 Å². The van der Waals surface area contributed by atoms with Crippen LogP contribution < -0.4 is 10.1 Å². The van der Waals surface area contributed by atoms with E-state index >= 15 is 0 Å². The summed E-state index contributed by atoms with van der Waals surface area (Å²) in [7, 11) is 1.65. The predicted octanol–water partition coefficient (Wildman–Crippen LogP) is 4.12. The molecule has 1 aromatic carbocycles. The number of aromatic nitrogens is 2. The van der Waals surface area contributed by atoms with Crippen LogP contribution in [0.1, 0.15) is 62.1 Å². The molecule has 5 heteroatoms. The first-order valence-electron chi connectivity index (χ1n) is 8.97. The van der Waals surface area contributed by atoms with Gasteiger partial charge in [0.1, 0.15) is 11.8 Å². The van der Waals surface area contributed by atoms with Crippen LogP contribution in [-0.4, -0.2) is 22.8 Å². The zero-order valence-corrected chi connectivity index (χ0v) is 15.9. The Morgan fingerprint density at radius 1 is 1.24 bits per heavy atom. The van der Waals surface area contributed by atoms with Gasteiger partial charge in [0.15, 0.2) is 0 Å². The Balaban J connectivity index is 2.18. The van der Waals surface area contributed by atoms with Gasteiger partial charge in [-0.15, -0.1) is 0 Å². The highest BCUT2D eigenvalue weighted by Crippen LogP contribution is 2.23. The molecule has 25 heavy (non-hydrogen) atoms. The quantitative estimate of drug-likeness (QED) is 0.784. The van der Waals surface area contributed by atoms with Gasteiger partial charge < -0.3 is 10.1 Å². The van der Waals surface area contributed by atoms with Gasteiger partial charge >= 0.3 is 0 Å². The number of ether oxygens (including phenoxy) is 1. The molecule has 2 unspecified atom stereocenters. The lowest BCUT2D eigenvalue weighted by molar-refractivity contribution is -0.125. The third-order valence-corrected chi connectivity index (χ3v) is 4.45. The van der Waals surface area contributed by atoms with E-state index in [9.17, 15) is 4.79 Å². The summed E-state index contributed by atoms with van der Waals surface area (Å²) in [6.45, 7) is 8.12. The standard InChI is InChI=1S/C20H29N3O2/c1-6-8-19(23-15(4)13-14(3)22-23)20(24)21-18(7-2)16-9-11-17(25-5)12-10-16/h9-13,18-19H,6-8H2,1-5H3,(H,21,24). The Labute approximate surface area is 150 Å². The highest BCUT2D eigenvalue weighted by Gasteiger charge is 2.24. The van der Waals surface area contributed by atoms with Gasteiger partial charge in [0.2, 0.25) is 5.91 Å². The molecule has 2 rings (SSSR count). The molecule has 0 bridgehead atoms. The number of carbonyl (C=O) groups is 1. The number of methoxy groups -OCH3 is 1. The van der Waals surface area contributed by atoms with Gasteiger partial charge in [-0.2, -0.15) is 5.10 Å². The van der Waals surface area contributed by atoms with Gasteiger partial charge in [0, 0.05) is 5.69 Å². The fraction of sp³-hybridized carbons (Fsp3) is 0.500. The zero-order chi connectivity index (χ0) is 18.4. The molecule has 1 N–H and O–H groups in total. The van der Waals surface area contributed by atoms with Crippen LogP contribution in [0.2, 0.25) is 0 Å². The Kier molecular flexibility index (Phi) is 6.62. The van der Waals surface area contributed by atoms with Crippen molar-refractivity contribution in [3.63, 3.8) is 0 Å². The average molecular weight is 343 g/mol. The largest absolute Gasteiger partial charge is 0.497 e. The molecule has 0 aliphatic heterocycles. The van der Waals surface area contributed by atoms with Crippen LogP contribution in [0, 0.1) is 13.8 Å². The van der Waals surface area contributed by atoms with Gasteiger partial charge in [-0.05, 0) is 50.5 Å². The lowest BCUT2D eigenvalue weighted by Gasteiger charge is -2.23. The van der Waals surface area contributed by atoms with E-state index in [1.54, 1.807) is 7.11 Å². The summed E-state index contributed by atoms with van der Waals surface area (Å²) in [6.07, 6.45) is 2.52. The van der Waals surface area contributed by atoms with Crippen LogP contribution in [0.15, 0.2) is 30.3 Å². The number of carbonyl (C=O) groups excluding carboxylic acids is 1. The van der Waals surface area contributed by atoms with Crippen molar-refractivity contribution in [2.24, 2.45) is 0 Å². The molecular weight excluding hydrogens is 314 g/mol. The van der Waals surface area contributed by atoms with E-state index in [0.717, 1.165) is 42.0 Å². The fourth-order valence-corrected chi connectivity index (χ4v) is 3.12. The number of benzene rings is 1. The lowest BCUT2D eigenvalue weighted by Crippen LogP contribution is -2.36. The molecule has 5 nitrogen and oxygen atoms in total. The summed E-state index contributed by atoms with van der Waals surface area (Å²) < 4.78 is 7.06. The van der Waals surface area contributed by atoms with E-state index in [1.165, 1.54) is 0 Å². The highest BCUT2D eigenvalue weighted by atomic mass is 16.5. The number of nitrogens with zero attached hydrogens (tertiary/aromatic N) is 2. The summed E-state index contributed by atoms with van der Waals surface area (Å²) in [5.41, 5.74) is 3.04. The minimum atomic E-state index is -0.272. The summed E-state index contributed by atoms with van der Waals surface area (Å²) >= 11 is 0. The van der Waals surface area contributed by atoms with Crippen LogP contribution in [0.5, 0.6) is 5.75 Å². The number of aryl methyl sites for hydroxylation is 2. The van der Waals surface area contributed by atoms with Crippen molar-refractivity contribution < 1.29 is 9.53 Å². The van der Waals surface area contributed by atoms with Gasteiger partial charge in [0.25, 0.3) is 0 Å². The van der Waals surface area contributed by atoms with E-state index < -0.39 is 0 Å². The summed E-state index contributed by atoms with van der Waals surface area (Å²) in [5.74, 6) is 0.840. The number of hydrogen-bond donors (Lipinski definition) is 1. The molecule has 0 saturated heterocycles. The summed E-state index contributed by atoms with van der Waals surface area (Å²) in [6, 6.07) is 9.58. The maximum Gasteiger partial charge on any atom is 0.245 e. The number of rotatable bonds is 8. The SMILES string of the molecule is CCCC(C(=O)NC(CC)c1ccc(OC)cc1)n1nc(C)cc1C. The van der Waals surface area contributed by atoms with Crippen molar-refractivity contribution in [2.75, 3.05) is 7.11 Å². The van der Waals surface area contributed by atoms with E-state index in [2.05, 4.69) is 24.3 Å². The fourth-order valence-electron chi connectivity index (χ4n) is 3.12. The summed E-state index contributed by atoms with van der Waals surface area (Å²) in [5, 5.41) is 7.72. The second-order valence-electron chi connectivity index (χ2n) is 6.42. The molecule has 136 valence electrons. The predicted molar refractivity (Wildman–Crippen MR) is 99.8 cm³/mol. The Morgan fingerprint density at radius 2 is 1.92 bits per heavy atom. The molecule has 1 amide bonds. The lowest BCUT2D eigenvalue weighted by atomic mass is 10.0. The molecule has 1 aromatic heterocycles. The molecule has 2 aromatic rings. The molecule has 0 radical (unpaired) electrons. The monoisotopic (exact) mass is 343 g/mol.